The first-order valence-corrected chi connectivity index (χ1v) is 4.08. The van der Waals surface area contributed by atoms with Crippen LogP contribution in [0.25, 0.3) is 0 Å². The van der Waals surface area contributed by atoms with E-state index in [4.69, 9.17) is 0 Å². The lowest BCUT2D eigenvalue weighted by Gasteiger charge is -2.05. The Labute approximate surface area is 69.7 Å². The monoisotopic (exact) mass is 166 g/mol. The molecule has 1 heterocycles. The van der Waals surface area contributed by atoms with Crippen LogP contribution in [0.2, 0.25) is 0 Å². The van der Waals surface area contributed by atoms with Crippen molar-refractivity contribution in [1.82, 2.24) is 0 Å². The van der Waals surface area contributed by atoms with Gasteiger partial charge in [0, 0.05) is 27.1 Å². The van der Waals surface area contributed by atoms with E-state index in [2.05, 4.69) is 0 Å². The molecule has 0 amide bonds. The summed E-state index contributed by atoms with van der Waals surface area (Å²) in [5.74, 6) is 0. The van der Waals surface area contributed by atoms with Crippen molar-refractivity contribution in [1.29, 1.82) is 0 Å². The second-order valence-electron chi connectivity index (χ2n) is 2.98. The molecule has 0 saturated carbocycles. The van der Waals surface area contributed by atoms with E-state index in [1.165, 1.54) is 0 Å². The van der Waals surface area contributed by atoms with Gasteiger partial charge in [-0.15, -0.1) is 0 Å². The Kier molecular flexibility index (Phi) is 1.60. The highest BCUT2D eigenvalue weighted by Gasteiger charge is 2.39. The fourth-order valence-electron chi connectivity index (χ4n) is 1.56. The number of hydrogen-bond acceptors (Lipinski definition) is 2. The minimum absolute atomic E-state index is 0.284. The van der Waals surface area contributed by atoms with Gasteiger partial charge in [0.2, 0.25) is 0 Å². The molecule has 0 saturated heterocycles. The van der Waals surface area contributed by atoms with Gasteiger partial charge in [0.1, 0.15) is 0 Å². The van der Waals surface area contributed by atoms with Crippen molar-refractivity contribution in [3.8, 4) is 0 Å². The van der Waals surface area contributed by atoms with Gasteiger partial charge in [-0.1, -0.05) is 6.08 Å². The van der Waals surface area contributed by atoms with Crippen molar-refractivity contribution in [2.75, 3.05) is 13.1 Å². The summed E-state index contributed by atoms with van der Waals surface area (Å²) >= 11 is 0. The highest BCUT2D eigenvalue weighted by molar-refractivity contribution is 5.19. The second-order valence-corrected chi connectivity index (χ2v) is 2.98. The molecule has 0 radical (unpaired) electrons. The minimum atomic E-state index is 0.284. The van der Waals surface area contributed by atoms with Crippen molar-refractivity contribution < 1.29 is 9.52 Å². The number of nitrogens with zero attached hydrogens (tertiary/aromatic N) is 2. The molecule has 2 rings (SSSR count). The molecule has 0 aromatic carbocycles. The van der Waals surface area contributed by atoms with Gasteiger partial charge in [0.15, 0.2) is 0 Å². The van der Waals surface area contributed by atoms with E-state index in [0.29, 0.717) is 24.4 Å². The lowest BCUT2D eigenvalue weighted by atomic mass is 10.1. The van der Waals surface area contributed by atoms with Crippen LogP contribution in [0.3, 0.4) is 0 Å². The molecule has 1 aliphatic carbocycles. The second kappa shape index (κ2) is 2.62. The smallest absolute Gasteiger partial charge is 0.0769 e. The van der Waals surface area contributed by atoms with Crippen LogP contribution in [-0.4, -0.2) is 22.6 Å². The van der Waals surface area contributed by atoms with Gasteiger partial charge in [-0.05, 0) is 6.42 Å². The van der Waals surface area contributed by atoms with E-state index < -0.39 is 0 Å². The van der Waals surface area contributed by atoms with E-state index >= 15 is 0 Å². The normalized spacial score (nSPS) is 23.0. The zero-order valence-corrected chi connectivity index (χ0v) is 6.69. The predicted octanol–water partition coefficient (Wildman–Crippen LogP) is 1.12. The molecule has 12 heavy (non-hydrogen) atoms. The summed E-state index contributed by atoms with van der Waals surface area (Å²) in [7, 11) is 0. The summed E-state index contributed by atoms with van der Waals surface area (Å²) in [6.45, 7) is 0.586. The first-order valence-electron chi connectivity index (χ1n) is 4.08. The summed E-state index contributed by atoms with van der Waals surface area (Å²) in [5.41, 5.74) is 1.21. The lowest BCUT2D eigenvalue weighted by molar-refractivity contribution is -0.610. The molecule has 2 aliphatic rings. The fourth-order valence-corrected chi connectivity index (χ4v) is 1.56. The molecule has 0 fully saturated rings. The third kappa shape index (κ3) is 0.995. The van der Waals surface area contributed by atoms with Crippen LogP contribution in [0.4, 0.5) is 0 Å². The van der Waals surface area contributed by atoms with E-state index in [1.54, 1.807) is 6.08 Å². The summed E-state index contributed by atoms with van der Waals surface area (Å²) in [6, 6.07) is 0. The molecule has 0 bridgehead atoms. The standard InChI is InChI=1S/C8H10N2O2/c11-9-5-6-10(12)8-4-2-1-3-7(8)9/h1,3H,2,4-6H2/q+2. The predicted molar refractivity (Wildman–Crippen MR) is 42.4 cm³/mol. The van der Waals surface area contributed by atoms with Gasteiger partial charge >= 0.3 is 11.4 Å². The average Bonchev–Trinajstić information content (AvgIpc) is 2.12. The topological polar surface area (TPSA) is 40.2 Å². The molecule has 0 spiro atoms. The van der Waals surface area contributed by atoms with Gasteiger partial charge in [-0.2, -0.15) is 0 Å². The largest absolute Gasteiger partial charge is 0.326 e. The average molecular weight is 166 g/mol. The van der Waals surface area contributed by atoms with Gasteiger partial charge in [0.25, 0.3) is 13.1 Å². The van der Waals surface area contributed by atoms with Crippen LogP contribution in [0.15, 0.2) is 23.5 Å². The van der Waals surface area contributed by atoms with Crippen molar-refractivity contribution >= 4 is 0 Å². The maximum Gasteiger partial charge on any atom is 0.326 e. The van der Waals surface area contributed by atoms with E-state index in [9.17, 15) is 9.81 Å². The van der Waals surface area contributed by atoms with Crippen LogP contribution >= 0.6 is 0 Å². The first-order chi connectivity index (χ1) is 5.79. The molecule has 62 valence electrons. The van der Waals surface area contributed by atoms with Gasteiger partial charge in [-0.25, -0.2) is 0 Å². The Morgan fingerprint density at radius 1 is 1.17 bits per heavy atom. The van der Waals surface area contributed by atoms with E-state index in [-0.39, 0.29) is 6.54 Å². The zero-order valence-electron chi connectivity index (χ0n) is 6.69. The third-order valence-electron chi connectivity index (χ3n) is 2.20. The first kappa shape index (κ1) is 7.34. The third-order valence-corrected chi connectivity index (χ3v) is 2.20. The minimum Gasteiger partial charge on any atom is -0.0769 e. The molecule has 4 nitrogen and oxygen atoms in total. The number of nitroso groups, excluding NO2 is 2. The molecule has 0 N–H and O–H groups in total. The zero-order chi connectivity index (χ0) is 8.55. The number of allylic oxidation sites excluding steroid dienone is 3. The SMILES string of the molecule is O=[N+]1CC[N+](=O)C2=C1C=CCC2. The Hall–Kier alpha value is -1.32. The molecule has 4 heteroatoms. The maximum atomic E-state index is 11.2. The summed E-state index contributed by atoms with van der Waals surface area (Å²) in [6.07, 6.45) is 5.25. The number of rotatable bonds is 0. The summed E-state index contributed by atoms with van der Waals surface area (Å²) in [5, 5.41) is 0. The Morgan fingerprint density at radius 3 is 2.67 bits per heavy atom. The van der Waals surface area contributed by atoms with Gasteiger partial charge in [-0.3, -0.25) is 0 Å². The van der Waals surface area contributed by atoms with Crippen LogP contribution in [-0.2, 0) is 0 Å². The van der Waals surface area contributed by atoms with Gasteiger partial charge < -0.3 is 0 Å². The Balaban J connectivity index is 2.47. The molecular weight excluding hydrogens is 156 g/mol. The fraction of sp³-hybridized carbons (Fsp3) is 0.500. The van der Waals surface area contributed by atoms with Crippen LogP contribution in [0.1, 0.15) is 12.8 Å². The molecule has 0 unspecified atom stereocenters. The van der Waals surface area contributed by atoms with Crippen LogP contribution in [0.5, 0.6) is 0 Å². The number of hydrogen-bond donors (Lipinski definition) is 0. The molecule has 0 aromatic rings. The lowest BCUT2D eigenvalue weighted by Crippen LogP contribution is -2.29. The van der Waals surface area contributed by atoms with Crippen LogP contribution < -0.4 is 0 Å². The van der Waals surface area contributed by atoms with E-state index in [0.717, 1.165) is 15.9 Å². The Morgan fingerprint density at radius 2 is 1.92 bits per heavy atom. The van der Waals surface area contributed by atoms with Crippen LogP contribution in [0, 0.1) is 9.81 Å². The highest BCUT2D eigenvalue weighted by Crippen LogP contribution is 2.22. The summed E-state index contributed by atoms with van der Waals surface area (Å²) < 4.78 is 1.84. The van der Waals surface area contributed by atoms with Gasteiger partial charge in [0.05, 0.1) is 4.76 Å². The quantitative estimate of drug-likeness (QED) is 0.506. The van der Waals surface area contributed by atoms with Crippen molar-refractivity contribution in [3.05, 3.63) is 33.4 Å². The van der Waals surface area contributed by atoms with E-state index in [1.807, 2.05) is 6.08 Å². The maximum absolute atomic E-state index is 11.2. The Bertz CT molecular complexity index is 315. The molecule has 0 aromatic heterocycles. The van der Waals surface area contributed by atoms with Crippen molar-refractivity contribution in [2.45, 2.75) is 12.8 Å². The highest BCUT2D eigenvalue weighted by atomic mass is 16.3. The molecule has 1 aliphatic heterocycles. The summed E-state index contributed by atoms with van der Waals surface area (Å²) in [4.78, 5) is 22.4. The van der Waals surface area contributed by atoms with Crippen molar-refractivity contribution in [2.24, 2.45) is 0 Å². The van der Waals surface area contributed by atoms with Crippen molar-refractivity contribution in [3.63, 3.8) is 0 Å². The molecule has 0 atom stereocenters. The molecular formula is C8H10N2O2+2.